The van der Waals surface area contributed by atoms with E-state index < -0.39 is 10.0 Å². The SMILES string of the molecule is Cc1ccc(S(=O)(=O)n2c(-c3cccc4ccccc34)nc3ccc(C(=O)N4CCOCC4)cc32)cc1. The molecule has 6 rings (SSSR count). The van der Waals surface area contributed by atoms with Crippen LogP contribution >= 0.6 is 0 Å². The van der Waals surface area contributed by atoms with E-state index in [0.717, 1.165) is 16.3 Å². The minimum atomic E-state index is -4.04. The van der Waals surface area contributed by atoms with Gasteiger partial charge in [-0.15, -0.1) is 0 Å². The van der Waals surface area contributed by atoms with Gasteiger partial charge >= 0.3 is 0 Å². The van der Waals surface area contributed by atoms with Crippen molar-refractivity contribution in [3.8, 4) is 11.4 Å². The summed E-state index contributed by atoms with van der Waals surface area (Å²) >= 11 is 0. The van der Waals surface area contributed by atoms with Crippen molar-refractivity contribution in [3.05, 3.63) is 96.1 Å². The van der Waals surface area contributed by atoms with E-state index in [0.29, 0.717) is 54.3 Å². The van der Waals surface area contributed by atoms with Crippen molar-refractivity contribution in [1.82, 2.24) is 13.9 Å². The molecule has 186 valence electrons. The number of benzene rings is 4. The lowest BCUT2D eigenvalue weighted by atomic mass is 10.0. The standard InChI is InChI=1S/C29H25N3O4S/c1-20-9-12-23(13-10-20)37(34,35)32-27-19-22(29(33)31-15-17-36-18-16-31)11-14-26(27)30-28(32)25-8-4-6-21-5-2-3-7-24(21)25/h2-14,19H,15-18H2,1H3. The van der Waals surface area contributed by atoms with Crippen molar-refractivity contribution in [2.45, 2.75) is 11.8 Å². The fraction of sp³-hybridized carbons (Fsp3) is 0.172. The van der Waals surface area contributed by atoms with Crippen LogP contribution in [0.4, 0.5) is 0 Å². The van der Waals surface area contributed by atoms with Crippen molar-refractivity contribution in [2.75, 3.05) is 26.3 Å². The topological polar surface area (TPSA) is 81.5 Å². The largest absolute Gasteiger partial charge is 0.378 e. The van der Waals surface area contributed by atoms with Crippen molar-refractivity contribution >= 4 is 37.7 Å². The molecule has 1 amide bonds. The van der Waals surface area contributed by atoms with Gasteiger partial charge in [0.05, 0.1) is 29.1 Å². The fourth-order valence-corrected chi connectivity index (χ4v) is 6.25. The first-order valence-corrected chi connectivity index (χ1v) is 13.6. The molecule has 0 N–H and O–H groups in total. The molecular weight excluding hydrogens is 486 g/mol. The number of fused-ring (bicyclic) bond motifs is 2. The summed E-state index contributed by atoms with van der Waals surface area (Å²) in [5, 5.41) is 1.87. The number of hydrogen-bond acceptors (Lipinski definition) is 5. The van der Waals surface area contributed by atoms with Crippen LogP contribution in [0.1, 0.15) is 15.9 Å². The number of imidazole rings is 1. The zero-order valence-corrected chi connectivity index (χ0v) is 21.1. The summed E-state index contributed by atoms with van der Waals surface area (Å²) < 4.78 is 34.9. The van der Waals surface area contributed by atoms with E-state index in [1.165, 1.54) is 3.97 Å². The summed E-state index contributed by atoms with van der Waals surface area (Å²) in [4.78, 5) is 19.9. The summed E-state index contributed by atoms with van der Waals surface area (Å²) in [5.74, 6) is 0.153. The predicted molar refractivity (Wildman–Crippen MR) is 143 cm³/mol. The van der Waals surface area contributed by atoms with Crippen molar-refractivity contribution < 1.29 is 17.9 Å². The molecular formula is C29H25N3O4S. The fourth-order valence-electron chi connectivity index (χ4n) is 4.79. The van der Waals surface area contributed by atoms with Crippen LogP contribution in [0.25, 0.3) is 33.2 Å². The molecule has 1 aliphatic heterocycles. The highest BCUT2D eigenvalue weighted by Gasteiger charge is 2.27. The molecule has 1 aromatic heterocycles. The van der Waals surface area contributed by atoms with Crippen LogP contribution < -0.4 is 0 Å². The maximum atomic E-state index is 14.1. The molecule has 5 aromatic rings. The Morgan fingerprint density at radius 3 is 2.41 bits per heavy atom. The maximum Gasteiger partial charge on any atom is 0.269 e. The normalized spacial score (nSPS) is 14.4. The van der Waals surface area contributed by atoms with Gasteiger partial charge < -0.3 is 9.64 Å². The Bertz CT molecular complexity index is 1750. The number of ether oxygens (including phenoxy) is 1. The lowest BCUT2D eigenvalue weighted by Gasteiger charge is -2.26. The lowest BCUT2D eigenvalue weighted by molar-refractivity contribution is 0.0303. The number of morpholine rings is 1. The Balaban J connectivity index is 1.61. The van der Waals surface area contributed by atoms with E-state index in [-0.39, 0.29) is 10.8 Å². The lowest BCUT2D eigenvalue weighted by Crippen LogP contribution is -2.40. The third-order valence-electron chi connectivity index (χ3n) is 6.75. The van der Waals surface area contributed by atoms with Gasteiger partial charge in [0.1, 0.15) is 0 Å². The zero-order chi connectivity index (χ0) is 25.6. The van der Waals surface area contributed by atoms with E-state index in [4.69, 9.17) is 9.72 Å². The Labute approximate surface area is 215 Å². The Morgan fingerprint density at radius 1 is 0.892 bits per heavy atom. The Kier molecular flexibility index (Phi) is 5.78. The van der Waals surface area contributed by atoms with E-state index in [1.54, 1.807) is 47.4 Å². The van der Waals surface area contributed by atoms with Crippen molar-refractivity contribution in [1.29, 1.82) is 0 Å². The van der Waals surface area contributed by atoms with E-state index in [9.17, 15) is 13.2 Å². The highest BCUT2D eigenvalue weighted by atomic mass is 32.2. The van der Waals surface area contributed by atoms with Crippen molar-refractivity contribution in [2.24, 2.45) is 0 Å². The number of rotatable bonds is 4. The summed E-state index contributed by atoms with van der Waals surface area (Å²) in [6, 6.07) is 25.4. The first-order valence-electron chi connectivity index (χ1n) is 12.1. The first-order chi connectivity index (χ1) is 17.9. The van der Waals surface area contributed by atoms with E-state index in [2.05, 4.69) is 0 Å². The molecule has 0 spiro atoms. The highest BCUT2D eigenvalue weighted by molar-refractivity contribution is 7.90. The maximum absolute atomic E-state index is 14.1. The second-order valence-electron chi connectivity index (χ2n) is 9.15. The average molecular weight is 512 g/mol. The summed E-state index contributed by atoms with van der Waals surface area (Å²) in [6.45, 7) is 3.88. The molecule has 37 heavy (non-hydrogen) atoms. The highest BCUT2D eigenvalue weighted by Crippen LogP contribution is 2.34. The van der Waals surface area contributed by atoms with E-state index in [1.807, 2.05) is 49.4 Å². The molecule has 1 saturated heterocycles. The van der Waals surface area contributed by atoms with Crippen LogP contribution in [0.2, 0.25) is 0 Å². The minimum absolute atomic E-state index is 0.155. The number of nitrogens with zero attached hydrogens (tertiary/aromatic N) is 3. The molecule has 0 radical (unpaired) electrons. The summed E-state index contributed by atoms with van der Waals surface area (Å²) in [6.07, 6.45) is 0. The van der Waals surface area contributed by atoms with Gasteiger partial charge in [-0.3, -0.25) is 4.79 Å². The third-order valence-corrected chi connectivity index (χ3v) is 8.47. The first kappa shape index (κ1) is 23.4. The average Bonchev–Trinajstić information content (AvgIpc) is 3.32. The van der Waals surface area contributed by atoms with Crippen LogP contribution in [-0.2, 0) is 14.8 Å². The second kappa shape index (κ2) is 9.14. The molecule has 2 heterocycles. The van der Waals surface area contributed by atoms with Gasteiger partial charge in [-0.05, 0) is 48.0 Å². The second-order valence-corrected chi connectivity index (χ2v) is 10.9. The quantitative estimate of drug-likeness (QED) is 0.344. The molecule has 4 aromatic carbocycles. The molecule has 7 nitrogen and oxygen atoms in total. The molecule has 1 aliphatic rings. The van der Waals surface area contributed by atoms with E-state index >= 15 is 0 Å². The third kappa shape index (κ3) is 4.08. The van der Waals surface area contributed by atoms with Gasteiger partial charge in [-0.2, -0.15) is 0 Å². The van der Waals surface area contributed by atoms with Crippen LogP contribution in [0.3, 0.4) is 0 Å². The smallest absolute Gasteiger partial charge is 0.269 e. The van der Waals surface area contributed by atoms with Crippen LogP contribution in [0, 0.1) is 6.92 Å². The molecule has 0 saturated carbocycles. The molecule has 0 bridgehead atoms. The van der Waals surface area contributed by atoms with Gasteiger partial charge in [0, 0.05) is 24.2 Å². The van der Waals surface area contributed by atoms with Gasteiger partial charge in [-0.25, -0.2) is 17.4 Å². The van der Waals surface area contributed by atoms with Crippen LogP contribution in [0.5, 0.6) is 0 Å². The van der Waals surface area contributed by atoms with Gasteiger partial charge in [0.25, 0.3) is 15.9 Å². The minimum Gasteiger partial charge on any atom is -0.378 e. The molecule has 1 fully saturated rings. The molecule has 8 heteroatoms. The summed E-state index contributed by atoms with van der Waals surface area (Å²) in [5.41, 5.74) is 2.94. The number of carbonyl (C=O) groups excluding carboxylic acids is 1. The number of hydrogen-bond donors (Lipinski definition) is 0. The zero-order valence-electron chi connectivity index (χ0n) is 20.3. The van der Waals surface area contributed by atoms with Crippen LogP contribution in [-0.4, -0.2) is 54.5 Å². The van der Waals surface area contributed by atoms with Gasteiger partial charge in [-0.1, -0.05) is 60.2 Å². The van der Waals surface area contributed by atoms with Crippen LogP contribution in [0.15, 0.2) is 89.8 Å². The monoisotopic (exact) mass is 511 g/mol. The predicted octanol–water partition coefficient (Wildman–Crippen LogP) is 4.87. The number of aromatic nitrogens is 2. The Morgan fingerprint density at radius 2 is 1.62 bits per heavy atom. The molecule has 0 atom stereocenters. The van der Waals surface area contributed by atoms with Gasteiger partial charge in [0.15, 0.2) is 5.82 Å². The van der Waals surface area contributed by atoms with Crippen molar-refractivity contribution in [3.63, 3.8) is 0 Å². The molecule has 0 aliphatic carbocycles. The Hall–Kier alpha value is -4.01. The number of amides is 1. The summed E-state index contributed by atoms with van der Waals surface area (Å²) in [7, 11) is -4.04. The van der Waals surface area contributed by atoms with Gasteiger partial charge in [0.2, 0.25) is 0 Å². The number of aryl methyl sites for hydroxylation is 1. The molecule has 0 unspecified atom stereocenters. The number of carbonyl (C=O) groups is 1.